The summed E-state index contributed by atoms with van der Waals surface area (Å²) in [6.45, 7) is 3.74. The molecule has 0 aliphatic carbocycles. The lowest BCUT2D eigenvalue weighted by atomic mass is 9.92. The van der Waals surface area contributed by atoms with Crippen molar-refractivity contribution in [3.8, 4) is 5.88 Å². The van der Waals surface area contributed by atoms with Crippen LogP contribution in [0.5, 0.6) is 5.88 Å². The van der Waals surface area contributed by atoms with Crippen molar-refractivity contribution >= 4 is 21.5 Å². The van der Waals surface area contributed by atoms with Crippen molar-refractivity contribution in [3.05, 3.63) is 47.7 Å². The first-order chi connectivity index (χ1) is 15.0. The SMILES string of the molecule is CC1(C)CN=C(c2cnc3c(c2)N(S(=O)(=O)c2ccc(C(F)(F)CF)cc2)CCO3)NC1. The summed E-state index contributed by atoms with van der Waals surface area (Å²) < 4.78 is 72.9. The maximum absolute atomic E-state index is 13.6. The van der Waals surface area contributed by atoms with Gasteiger partial charge in [-0.05, 0) is 18.2 Å². The van der Waals surface area contributed by atoms with Crippen LogP contribution in [0.3, 0.4) is 0 Å². The Labute approximate surface area is 184 Å². The van der Waals surface area contributed by atoms with Gasteiger partial charge < -0.3 is 10.1 Å². The fourth-order valence-electron chi connectivity index (χ4n) is 3.45. The molecule has 7 nitrogen and oxygen atoms in total. The highest BCUT2D eigenvalue weighted by Crippen LogP contribution is 2.35. The molecule has 1 N–H and O–H groups in total. The molecule has 0 bridgehead atoms. The number of sulfonamides is 1. The number of nitrogens with zero attached hydrogens (tertiary/aromatic N) is 3. The van der Waals surface area contributed by atoms with Crippen LogP contribution in [0, 0.1) is 5.41 Å². The molecule has 0 saturated heterocycles. The smallest absolute Gasteiger partial charge is 0.301 e. The largest absolute Gasteiger partial charge is 0.474 e. The predicted molar refractivity (Wildman–Crippen MR) is 114 cm³/mol. The van der Waals surface area contributed by atoms with E-state index in [1.54, 1.807) is 12.3 Å². The van der Waals surface area contributed by atoms with E-state index in [4.69, 9.17) is 4.74 Å². The number of ether oxygens (including phenoxy) is 1. The third kappa shape index (κ3) is 4.13. The maximum atomic E-state index is 13.6. The van der Waals surface area contributed by atoms with Crippen molar-refractivity contribution < 1.29 is 26.3 Å². The second-order valence-corrected chi connectivity index (χ2v) is 10.4. The molecule has 2 aromatic rings. The molecule has 0 radical (unpaired) electrons. The molecule has 11 heteroatoms. The molecule has 1 aromatic heterocycles. The van der Waals surface area contributed by atoms with Crippen LogP contribution in [0.15, 0.2) is 46.4 Å². The molecule has 172 valence electrons. The monoisotopic (exact) mass is 468 g/mol. The third-order valence-corrected chi connectivity index (χ3v) is 7.17. The van der Waals surface area contributed by atoms with E-state index in [2.05, 4.69) is 29.1 Å². The van der Waals surface area contributed by atoms with Gasteiger partial charge in [-0.3, -0.25) is 9.30 Å². The number of alkyl halides is 3. The van der Waals surface area contributed by atoms with Crippen molar-refractivity contribution in [2.75, 3.05) is 37.2 Å². The molecular formula is C21H23F3N4O3S. The van der Waals surface area contributed by atoms with E-state index in [-0.39, 0.29) is 35.0 Å². The number of fused-ring (bicyclic) bond motifs is 1. The highest BCUT2D eigenvalue weighted by Gasteiger charge is 2.34. The van der Waals surface area contributed by atoms with E-state index >= 15 is 0 Å². The van der Waals surface area contributed by atoms with Crippen LogP contribution in [-0.4, -0.2) is 52.2 Å². The van der Waals surface area contributed by atoms with Crippen LogP contribution in [0.1, 0.15) is 25.0 Å². The van der Waals surface area contributed by atoms with Gasteiger partial charge in [0.2, 0.25) is 5.88 Å². The van der Waals surface area contributed by atoms with Crippen LogP contribution < -0.4 is 14.4 Å². The van der Waals surface area contributed by atoms with Gasteiger partial charge in [-0.15, -0.1) is 0 Å². The van der Waals surface area contributed by atoms with E-state index in [9.17, 15) is 21.6 Å². The lowest BCUT2D eigenvalue weighted by Crippen LogP contribution is -2.42. The molecule has 32 heavy (non-hydrogen) atoms. The number of nitrogens with one attached hydrogen (secondary N) is 1. The van der Waals surface area contributed by atoms with Gasteiger partial charge in [-0.2, -0.15) is 8.78 Å². The summed E-state index contributed by atoms with van der Waals surface area (Å²) >= 11 is 0. The average Bonchev–Trinajstić information content (AvgIpc) is 2.78. The van der Waals surface area contributed by atoms with E-state index in [0.29, 0.717) is 24.5 Å². The third-order valence-electron chi connectivity index (χ3n) is 5.34. The van der Waals surface area contributed by atoms with Gasteiger partial charge in [0.1, 0.15) is 18.1 Å². The van der Waals surface area contributed by atoms with E-state index in [1.165, 1.54) is 0 Å². The maximum Gasteiger partial charge on any atom is 0.301 e. The first-order valence-corrected chi connectivity index (χ1v) is 11.5. The fourth-order valence-corrected chi connectivity index (χ4v) is 4.89. The minimum absolute atomic E-state index is 0.00867. The van der Waals surface area contributed by atoms with E-state index in [0.717, 1.165) is 28.6 Å². The molecule has 0 fully saturated rings. The second-order valence-electron chi connectivity index (χ2n) is 8.52. The van der Waals surface area contributed by atoms with Crippen LogP contribution >= 0.6 is 0 Å². The van der Waals surface area contributed by atoms with Crippen LogP contribution in [0.25, 0.3) is 0 Å². The molecule has 0 spiro atoms. The Morgan fingerprint density at radius 2 is 1.97 bits per heavy atom. The van der Waals surface area contributed by atoms with Gasteiger partial charge in [0.15, 0.2) is 6.67 Å². The van der Waals surface area contributed by atoms with E-state index < -0.39 is 28.2 Å². The number of amidine groups is 1. The highest BCUT2D eigenvalue weighted by molar-refractivity contribution is 7.92. The topological polar surface area (TPSA) is 83.9 Å². The van der Waals surface area contributed by atoms with Crippen molar-refractivity contribution in [3.63, 3.8) is 0 Å². The summed E-state index contributed by atoms with van der Waals surface area (Å²) in [6, 6.07) is 5.58. The number of aromatic nitrogens is 1. The molecule has 4 rings (SSSR count). The number of aliphatic imine (C=N–C) groups is 1. The fraction of sp³-hybridized carbons (Fsp3) is 0.429. The summed E-state index contributed by atoms with van der Waals surface area (Å²) in [4.78, 5) is 8.61. The first-order valence-electron chi connectivity index (χ1n) is 10.0. The molecule has 2 aliphatic rings. The molecular weight excluding hydrogens is 445 g/mol. The first kappa shape index (κ1) is 22.4. The molecule has 0 unspecified atom stereocenters. The molecule has 0 atom stereocenters. The molecule has 0 saturated carbocycles. The molecule has 0 amide bonds. The minimum atomic E-state index is -4.10. The van der Waals surface area contributed by atoms with Gasteiger partial charge in [-0.1, -0.05) is 26.0 Å². The Morgan fingerprint density at radius 1 is 1.25 bits per heavy atom. The Kier molecular flexibility index (Phi) is 5.56. The van der Waals surface area contributed by atoms with Gasteiger partial charge in [0.25, 0.3) is 10.0 Å². The molecule has 3 heterocycles. The van der Waals surface area contributed by atoms with Gasteiger partial charge in [0, 0.05) is 35.8 Å². The quantitative estimate of drug-likeness (QED) is 0.729. The normalized spacial score (nSPS) is 18.3. The number of rotatable bonds is 5. The average molecular weight is 469 g/mol. The molecule has 1 aromatic carbocycles. The Balaban J connectivity index is 1.68. The zero-order chi connectivity index (χ0) is 23.1. The van der Waals surface area contributed by atoms with Gasteiger partial charge in [0.05, 0.1) is 11.4 Å². The molecule has 2 aliphatic heterocycles. The summed E-state index contributed by atoms with van der Waals surface area (Å²) in [5.41, 5.74) is 0.271. The standard InChI is InChI=1S/C21H23F3N4O3S/c1-20(2)12-26-18(27-13-20)14-9-17-19(25-10-14)31-8-7-28(17)32(29,30)16-5-3-15(4-6-16)21(23,24)11-22/h3-6,9-10H,7-8,11-13H2,1-2H3,(H,26,27). The minimum Gasteiger partial charge on any atom is -0.474 e. The number of pyridine rings is 1. The van der Waals surface area contributed by atoms with Gasteiger partial charge in [-0.25, -0.2) is 17.8 Å². The Bertz CT molecular complexity index is 1150. The van der Waals surface area contributed by atoms with Crippen LogP contribution in [0.4, 0.5) is 18.9 Å². The predicted octanol–water partition coefficient (Wildman–Crippen LogP) is 3.11. The number of hydrogen-bond donors (Lipinski definition) is 1. The lowest BCUT2D eigenvalue weighted by Gasteiger charge is -2.31. The summed E-state index contributed by atoms with van der Waals surface area (Å²) in [6.07, 6.45) is 1.56. The number of anilines is 1. The lowest BCUT2D eigenvalue weighted by molar-refractivity contribution is -0.0281. The highest BCUT2D eigenvalue weighted by atomic mass is 32.2. The van der Waals surface area contributed by atoms with Gasteiger partial charge >= 0.3 is 5.92 Å². The van der Waals surface area contributed by atoms with Crippen molar-refractivity contribution in [1.29, 1.82) is 0 Å². The zero-order valence-electron chi connectivity index (χ0n) is 17.6. The van der Waals surface area contributed by atoms with Crippen molar-refractivity contribution in [2.45, 2.75) is 24.7 Å². The Morgan fingerprint density at radius 3 is 2.59 bits per heavy atom. The van der Waals surface area contributed by atoms with Crippen molar-refractivity contribution in [1.82, 2.24) is 10.3 Å². The number of halogens is 3. The summed E-state index contributed by atoms with van der Waals surface area (Å²) in [7, 11) is -4.10. The number of benzene rings is 1. The number of hydrogen-bond acceptors (Lipinski definition) is 6. The van der Waals surface area contributed by atoms with Crippen LogP contribution in [0.2, 0.25) is 0 Å². The summed E-state index contributed by atoms with van der Waals surface area (Å²) in [5, 5.41) is 3.24. The van der Waals surface area contributed by atoms with Crippen LogP contribution in [-0.2, 0) is 15.9 Å². The Hall–Kier alpha value is -2.82. The second kappa shape index (κ2) is 7.95. The zero-order valence-corrected chi connectivity index (χ0v) is 18.4. The van der Waals surface area contributed by atoms with Crippen molar-refractivity contribution in [2.24, 2.45) is 10.4 Å². The summed E-state index contributed by atoms with van der Waals surface area (Å²) in [5.74, 6) is -2.91. The van der Waals surface area contributed by atoms with E-state index in [1.807, 2.05) is 0 Å².